The van der Waals surface area contributed by atoms with Crippen LogP contribution in [0.5, 0.6) is 0 Å². The normalized spacial score (nSPS) is 15.5. The number of benzene rings is 1. The minimum Gasteiger partial charge on any atom is -0.372 e. The zero-order valence-corrected chi connectivity index (χ0v) is 17.5. The van der Waals surface area contributed by atoms with Gasteiger partial charge in [-0.2, -0.15) is 0 Å². The van der Waals surface area contributed by atoms with Crippen molar-refractivity contribution in [2.75, 3.05) is 36.9 Å². The molecule has 0 unspecified atom stereocenters. The third-order valence-corrected chi connectivity index (χ3v) is 5.57. The maximum absolute atomic E-state index is 12.7. The van der Waals surface area contributed by atoms with E-state index in [1.54, 1.807) is 25.8 Å². The number of hydrogen-bond donors (Lipinski definition) is 1. The second kappa shape index (κ2) is 9.25. The zero-order chi connectivity index (χ0) is 20.0. The van der Waals surface area contributed by atoms with Crippen LogP contribution in [-0.2, 0) is 9.59 Å². The molecule has 1 aromatic rings. The van der Waals surface area contributed by atoms with Crippen molar-refractivity contribution in [2.45, 2.75) is 53.4 Å². The molecular formula is C22H35N3O2. The van der Waals surface area contributed by atoms with Gasteiger partial charge in [0, 0.05) is 38.1 Å². The van der Waals surface area contributed by atoms with Crippen LogP contribution in [-0.4, -0.2) is 43.4 Å². The van der Waals surface area contributed by atoms with E-state index in [0.29, 0.717) is 6.54 Å². The lowest BCUT2D eigenvalue weighted by atomic mass is 9.90. The van der Waals surface area contributed by atoms with Crippen LogP contribution in [0, 0.1) is 11.3 Å². The van der Waals surface area contributed by atoms with Crippen molar-refractivity contribution in [3.63, 3.8) is 0 Å². The molecule has 1 aromatic carbocycles. The van der Waals surface area contributed by atoms with E-state index in [-0.39, 0.29) is 11.8 Å². The van der Waals surface area contributed by atoms with Crippen molar-refractivity contribution >= 4 is 23.2 Å². The Morgan fingerprint density at radius 2 is 1.78 bits per heavy atom. The van der Waals surface area contributed by atoms with Gasteiger partial charge < -0.3 is 15.1 Å². The average Bonchev–Trinajstić information content (AvgIpc) is 2.66. The number of carbonyl (C=O) groups excluding carboxylic acids is 2. The molecule has 0 aromatic heterocycles. The van der Waals surface area contributed by atoms with Gasteiger partial charge in [-0.25, -0.2) is 0 Å². The molecule has 0 aliphatic carbocycles. The first-order valence-corrected chi connectivity index (χ1v) is 10.2. The summed E-state index contributed by atoms with van der Waals surface area (Å²) >= 11 is 0. The molecular weight excluding hydrogens is 338 g/mol. The Morgan fingerprint density at radius 1 is 1.19 bits per heavy atom. The molecule has 5 heteroatoms. The third-order valence-electron chi connectivity index (χ3n) is 5.57. The van der Waals surface area contributed by atoms with Gasteiger partial charge in [0.05, 0.1) is 0 Å². The number of amides is 2. The predicted molar refractivity (Wildman–Crippen MR) is 112 cm³/mol. The summed E-state index contributed by atoms with van der Waals surface area (Å²) in [5.41, 5.74) is 0.824. The minimum absolute atomic E-state index is 0.146. The topological polar surface area (TPSA) is 52.7 Å². The summed E-state index contributed by atoms with van der Waals surface area (Å²) in [6.45, 7) is 10.6. The lowest BCUT2D eigenvalue weighted by molar-refractivity contribution is -0.145. The highest BCUT2D eigenvalue weighted by atomic mass is 16.2. The van der Waals surface area contributed by atoms with E-state index < -0.39 is 5.41 Å². The smallest absolute Gasteiger partial charge is 0.239 e. The second-order valence-corrected chi connectivity index (χ2v) is 8.38. The molecule has 1 heterocycles. The van der Waals surface area contributed by atoms with Crippen LogP contribution in [0.1, 0.15) is 53.4 Å². The van der Waals surface area contributed by atoms with Crippen LogP contribution in [0.2, 0.25) is 0 Å². The highest BCUT2D eigenvalue weighted by Crippen LogP contribution is 2.26. The molecule has 1 N–H and O–H groups in total. The molecule has 1 saturated heterocycles. The summed E-state index contributed by atoms with van der Waals surface area (Å²) in [5, 5.41) is 2.91. The number of carbonyl (C=O) groups is 2. The SMILES string of the molecule is CCCCN(C)C(=O)C(C)(C)C(=O)Nc1ccc(N2CCC(C)CC2)cc1. The average molecular weight is 374 g/mol. The van der Waals surface area contributed by atoms with Gasteiger partial charge in [-0.05, 0) is 63.3 Å². The Balaban J connectivity index is 1.97. The van der Waals surface area contributed by atoms with E-state index >= 15 is 0 Å². The van der Waals surface area contributed by atoms with Crippen LogP contribution >= 0.6 is 0 Å². The number of hydrogen-bond acceptors (Lipinski definition) is 3. The fourth-order valence-corrected chi connectivity index (χ4v) is 3.38. The van der Waals surface area contributed by atoms with Gasteiger partial charge >= 0.3 is 0 Å². The Kier molecular flexibility index (Phi) is 7.28. The van der Waals surface area contributed by atoms with Crippen LogP contribution < -0.4 is 10.2 Å². The summed E-state index contributed by atoms with van der Waals surface area (Å²) in [6.07, 6.45) is 4.41. The molecule has 2 rings (SSSR count). The van der Waals surface area contributed by atoms with E-state index in [0.717, 1.165) is 37.5 Å². The van der Waals surface area contributed by atoms with Crippen molar-refractivity contribution in [3.05, 3.63) is 24.3 Å². The number of nitrogens with zero attached hydrogens (tertiary/aromatic N) is 2. The molecule has 0 saturated carbocycles. The van der Waals surface area contributed by atoms with Gasteiger partial charge in [-0.15, -0.1) is 0 Å². The first-order chi connectivity index (χ1) is 12.8. The van der Waals surface area contributed by atoms with Crippen LogP contribution in [0.15, 0.2) is 24.3 Å². The second-order valence-electron chi connectivity index (χ2n) is 8.38. The van der Waals surface area contributed by atoms with Crippen LogP contribution in [0.3, 0.4) is 0 Å². The zero-order valence-electron chi connectivity index (χ0n) is 17.5. The fraction of sp³-hybridized carbons (Fsp3) is 0.636. The third kappa shape index (κ3) is 5.47. The molecule has 150 valence electrons. The molecule has 5 nitrogen and oxygen atoms in total. The summed E-state index contributed by atoms with van der Waals surface area (Å²) in [7, 11) is 1.77. The summed E-state index contributed by atoms with van der Waals surface area (Å²) < 4.78 is 0. The van der Waals surface area contributed by atoms with Gasteiger partial charge in [-0.1, -0.05) is 20.3 Å². The highest BCUT2D eigenvalue weighted by Gasteiger charge is 2.38. The number of piperidine rings is 1. The Labute approximate surface area is 164 Å². The minimum atomic E-state index is -1.09. The lowest BCUT2D eigenvalue weighted by Gasteiger charge is -2.32. The standard InChI is InChI=1S/C22H35N3O2/c1-6-7-14-24(5)21(27)22(3,4)20(26)23-18-8-10-19(11-9-18)25-15-12-17(2)13-16-25/h8-11,17H,6-7,12-16H2,1-5H3,(H,23,26). The van der Waals surface area contributed by atoms with Crippen molar-refractivity contribution in [1.82, 2.24) is 4.90 Å². The van der Waals surface area contributed by atoms with Crippen LogP contribution in [0.4, 0.5) is 11.4 Å². The summed E-state index contributed by atoms with van der Waals surface area (Å²) in [5.74, 6) is 0.387. The Morgan fingerprint density at radius 3 is 2.33 bits per heavy atom. The number of nitrogens with one attached hydrogen (secondary N) is 1. The molecule has 2 amide bonds. The van der Waals surface area contributed by atoms with Crippen molar-refractivity contribution in [1.29, 1.82) is 0 Å². The van der Waals surface area contributed by atoms with E-state index in [1.807, 2.05) is 24.3 Å². The molecule has 1 aliphatic heterocycles. The van der Waals surface area contributed by atoms with Gasteiger partial charge in [0.1, 0.15) is 5.41 Å². The summed E-state index contributed by atoms with van der Waals surface area (Å²) in [6, 6.07) is 7.95. The fourth-order valence-electron chi connectivity index (χ4n) is 3.38. The van der Waals surface area contributed by atoms with E-state index in [1.165, 1.54) is 18.5 Å². The maximum atomic E-state index is 12.7. The Hall–Kier alpha value is -2.04. The van der Waals surface area contributed by atoms with Crippen molar-refractivity contribution < 1.29 is 9.59 Å². The lowest BCUT2D eigenvalue weighted by Crippen LogP contribution is -2.46. The van der Waals surface area contributed by atoms with E-state index in [4.69, 9.17) is 0 Å². The van der Waals surface area contributed by atoms with Crippen LogP contribution in [0.25, 0.3) is 0 Å². The van der Waals surface area contributed by atoms with E-state index in [9.17, 15) is 9.59 Å². The molecule has 27 heavy (non-hydrogen) atoms. The van der Waals surface area contributed by atoms with Gasteiger partial charge in [0.25, 0.3) is 0 Å². The molecule has 1 aliphatic rings. The molecule has 0 radical (unpaired) electrons. The first-order valence-electron chi connectivity index (χ1n) is 10.2. The maximum Gasteiger partial charge on any atom is 0.239 e. The number of unbranched alkanes of at least 4 members (excludes halogenated alkanes) is 1. The van der Waals surface area contributed by atoms with Gasteiger partial charge in [-0.3, -0.25) is 9.59 Å². The first kappa shape index (κ1) is 21.3. The van der Waals surface area contributed by atoms with Gasteiger partial charge in [0.15, 0.2) is 0 Å². The Bertz CT molecular complexity index is 631. The number of rotatable bonds is 7. The highest BCUT2D eigenvalue weighted by molar-refractivity contribution is 6.09. The van der Waals surface area contributed by atoms with Crippen molar-refractivity contribution in [3.8, 4) is 0 Å². The molecule has 0 atom stereocenters. The molecule has 0 spiro atoms. The van der Waals surface area contributed by atoms with E-state index in [2.05, 4.69) is 24.1 Å². The summed E-state index contributed by atoms with van der Waals surface area (Å²) in [4.78, 5) is 29.4. The largest absolute Gasteiger partial charge is 0.372 e. The monoisotopic (exact) mass is 373 g/mol. The predicted octanol–water partition coefficient (Wildman–Crippen LogP) is 4.15. The molecule has 1 fully saturated rings. The van der Waals surface area contributed by atoms with Gasteiger partial charge in [0.2, 0.25) is 11.8 Å². The quantitative estimate of drug-likeness (QED) is 0.731. The molecule has 0 bridgehead atoms. The number of anilines is 2. The van der Waals surface area contributed by atoms with Crippen molar-refractivity contribution in [2.24, 2.45) is 11.3 Å².